The fraction of sp³-hybridized carbons (Fsp3) is 1.00. The highest BCUT2D eigenvalue weighted by atomic mass is 15.3. The Balaban J connectivity index is 2.66. The molecule has 0 amide bonds. The van der Waals surface area contributed by atoms with Crippen LogP contribution in [0, 0.1) is 5.92 Å². The highest BCUT2D eigenvalue weighted by molar-refractivity contribution is 4.94. The summed E-state index contributed by atoms with van der Waals surface area (Å²) in [4.78, 5) is 5.33. The third kappa shape index (κ3) is 4.19. The third-order valence-electron chi connectivity index (χ3n) is 5.66. The molecular weight excluding hydrogens is 246 g/mol. The zero-order valence-electron chi connectivity index (χ0n) is 14.5. The lowest BCUT2D eigenvalue weighted by molar-refractivity contribution is 0.00800. The molecule has 3 heteroatoms. The summed E-state index contributed by atoms with van der Waals surface area (Å²) in [7, 11) is 0. The van der Waals surface area contributed by atoms with Crippen LogP contribution in [0.15, 0.2) is 0 Å². The fourth-order valence-corrected chi connectivity index (χ4v) is 3.54. The van der Waals surface area contributed by atoms with Crippen molar-refractivity contribution in [2.24, 2.45) is 11.7 Å². The third-order valence-corrected chi connectivity index (χ3v) is 5.66. The van der Waals surface area contributed by atoms with Crippen molar-refractivity contribution < 1.29 is 0 Å². The standard InChI is InChI=1S/C17H37N3/c1-6-15(4)13-17(8-3,14-18)20-11-9-19(10-12-20)16(5)7-2/h15-16H,6-14,18H2,1-5H3. The molecule has 0 saturated carbocycles. The lowest BCUT2D eigenvalue weighted by atomic mass is 9.82. The summed E-state index contributed by atoms with van der Waals surface area (Å²) in [6.45, 7) is 17.2. The van der Waals surface area contributed by atoms with E-state index in [0.29, 0.717) is 0 Å². The first-order valence-electron chi connectivity index (χ1n) is 8.72. The van der Waals surface area contributed by atoms with E-state index in [1.165, 1.54) is 51.9 Å². The molecule has 3 unspecified atom stereocenters. The van der Waals surface area contributed by atoms with E-state index in [2.05, 4.69) is 44.4 Å². The van der Waals surface area contributed by atoms with Crippen LogP contribution in [-0.4, -0.2) is 54.1 Å². The minimum atomic E-state index is 0.233. The Morgan fingerprint density at radius 3 is 2.00 bits per heavy atom. The topological polar surface area (TPSA) is 32.5 Å². The molecule has 0 aliphatic carbocycles. The number of piperazine rings is 1. The Morgan fingerprint density at radius 2 is 1.60 bits per heavy atom. The van der Waals surface area contributed by atoms with Crippen LogP contribution in [0.4, 0.5) is 0 Å². The molecule has 20 heavy (non-hydrogen) atoms. The van der Waals surface area contributed by atoms with Gasteiger partial charge >= 0.3 is 0 Å². The van der Waals surface area contributed by atoms with Crippen molar-refractivity contribution in [3.05, 3.63) is 0 Å². The molecular formula is C17H37N3. The summed E-state index contributed by atoms with van der Waals surface area (Å²) in [5.74, 6) is 0.770. The first kappa shape index (κ1) is 17.9. The summed E-state index contributed by atoms with van der Waals surface area (Å²) in [5.41, 5.74) is 6.45. The van der Waals surface area contributed by atoms with Crippen molar-refractivity contribution in [3.63, 3.8) is 0 Å². The zero-order valence-corrected chi connectivity index (χ0v) is 14.5. The monoisotopic (exact) mass is 283 g/mol. The quantitative estimate of drug-likeness (QED) is 0.743. The van der Waals surface area contributed by atoms with E-state index in [4.69, 9.17) is 5.73 Å². The van der Waals surface area contributed by atoms with Gasteiger partial charge in [0.1, 0.15) is 0 Å². The summed E-state index contributed by atoms with van der Waals surface area (Å²) >= 11 is 0. The largest absolute Gasteiger partial charge is 0.329 e. The van der Waals surface area contributed by atoms with Crippen molar-refractivity contribution in [2.75, 3.05) is 32.7 Å². The molecule has 3 atom stereocenters. The van der Waals surface area contributed by atoms with Gasteiger partial charge in [0.05, 0.1) is 0 Å². The highest BCUT2D eigenvalue weighted by Gasteiger charge is 2.36. The molecule has 0 aromatic rings. The van der Waals surface area contributed by atoms with Crippen LogP contribution in [0.25, 0.3) is 0 Å². The van der Waals surface area contributed by atoms with E-state index in [1.807, 2.05) is 0 Å². The van der Waals surface area contributed by atoms with Crippen molar-refractivity contribution in [2.45, 2.75) is 71.9 Å². The van der Waals surface area contributed by atoms with Crippen molar-refractivity contribution in [1.82, 2.24) is 9.80 Å². The Hall–Kier alpha value is -0.120. The smallest absolute Gasteiger partial charge is 0.0332 e. The van der Waals surface area contributed by atoms with Gasteiger partial charge in [-0.05, 0) is 32.1 Å². The second-order valence-electron chi connectivity index (χ2n) is 6.78. The molecule has 1 heterocycles. The van der Waals surface area contributed by atoms with Crippen molar-refractivity contribution in [3.8, 4) is 0 Å². The Kier molecular flexibility index (Phi) is 7.49. The summed E-state index contributed by atoms with van der Waals surface area (Å²) in [6.07, 6.45) is 4.94. The lowest BCUT2D eigenvalue weighted by Gasteiger charge is -2.49. The Labute approximate surface area is 126 Å². The lowest BCUT2D eigenvalue weighted by Crippen LogP contribution is -2.61. The molecule has 1 aliphatic rings. The number of hydrogen-bond acceptors (Lipinski definition) is 3. The van der Waals surface area contributed by atoms with E-state index in [1.54, 1.807) is 0 Å². The van der Waals surface area contributed by atoms with Gasteiger partial charge in [-0.3, -0.25) is 9.80 Å². The van der Waals surface area contributed by atoms with Crippen LogP contribution in [0.1, 0.15) is 60.3 Å². The molecule has 0 spiro atoms. The van der Waals surface area contributed by atoms with Crippen LogP contribution in [0.2, 0.25) is 0 Å². The number of nitrogens with zero attached hydrogens (tertiary/aromatic N) is 2. The van der Waals surface area contributed by atoms with Crippen molar-refractivity contribution in [1.29, 1.82) is 0 Å². The highest BCUT2D eigenvalue weighted by Crippen LogP contribution is 2.29. The van der Waals surface area contributed by atoms with Gasteiger partial charge in [0, 0.05) is 44.3 Å². The van der Waals surface area contributed by atoms with Crippen molar-refractivity contribution >= 4 is 0 Å². The molecule has 120 valence electrons. The predicted molar refractivity (Wildman–Crippen MR) is 89.0 cm³/mol. The van der Waals surface area contributed by atoms with E-state index in [0.717, 1.165) is 18.5 Å². The van der Waals surface area contributed by atoms with Gasteiger partial charge in [-0.25, -0.2) is 0 Å². The van der Waals surface area contributed by atoms with Gasteiger partial charge in [-0.15, -0.1) is 0 Å². The normalized spacial score (nSPS) is 24.3. The van der Waals surface area contributed by atoms with Gasteiger partial charge in [0.2, 0.25) is 0 Å². The van der Waals surface area contributed by atoms with E-state index in [-0.39, 0.29) is 5.54 Å². The zero-order chi connectivity index (χ0) is 15.2. The molecule has 1 saturated heterocycles. The van der Waals surface area contributed by atoms with Gasteiger partial charge in [0.15, 0.2) is 0 Å². The van der Waals surface area contributed by atoms with Gasteiger partial charge in [0.25, 0.3) is 0 Å². The molecule has 1 aliphatic heterocycles. The second-order valence-corrected chi connectivity index (χ2v) is 6.78. The maximum Gasteiger partial charge on any atom is 0.0332 e. The first-order valence-corrected chi connectivity index (χ1v) is 8.72. The molecule has 0 radical (unpaired) electrons. The second kappa shape index (κ2) is 8.35. The molecule has 1 fully saturated rings. The Bertz CT molecular complexity index is 255. The minimum Gasteiger partial charge on any atom is -0.329 e. The van der Waals surface area contributed by atoms with Crippen LogP contribution < -0.4 is 5.73 Å². The summed E-state index contributed by atoms with van der Waals surface area (Å²) < 4.78 is 0. The first-order chi connectivity index (χ1) is 9.52. The van der Waals surface area contributed by atoms with Crippen LogP contribution in [0.5, 0.6) is 0 Å². The maximum absolute atomic E-state index is 6.22. The molecule has 2 N–H and O–H groups in total. The molecule has 3 nitrogen and oxygen atoms in total. The number of hydrogen-bond donors (Lipinski definition) is 1. The predicted octanol–water partition coefficient (Wildman–Crippen LogP) is 2.95. The average molecular weight is 284 g/mol. The Morgan fingerprint density at radius 1 is 1.00 bits per heavy atom. The van der Waals surface area contributed by atoms with Crippen LogP contribution in [0.3, 0.4) is 0 Å². The maximum atomic E-state index is 6.22. The van der Waals surface area contributed by atoms with Crippen LogP contribution in [-0.2, 0) is 0 Å². The SMILES string of the molecule is CCC(C)CC(CC)(CN)N1CCN(C(C)CC)CC1. The molecule has 1 rings (SSSR count). The summed E-state index contributed by atoms with van der Waals surface area (Å²) in [6, 6.07) is 0.723. The molecule has 0 bridgehead atoms. The van der Waals surface area contributed by atoms with E-state index < -0.39 is 0 Å². The molecule has 0 aromatic heterocycles. The fourth-order valence-electron chi connectivity index (χ4n) is 3.54. The summed E-state index contributed by atoms with van der Waals surface area (Å²) in [5, 5.41) is 0. The van der Waals surface area contributed by atoms with Gasteiger partial charge in [-0.1, -0.05) is 34.1 Å². The van der Waals surface area contributed by atoms with E-state index >= 15 is 0 Å². The average Bonchev–Trinajstić information content (AvgIpc) is 2.51. The number of rotatable bonds is 8. The van der Waals surface area contributed by atoms with Crippen LogP contribution >= 0.6 is 0 Å². The van der Waals surface area contributed by atoms with E-state index in [9.17, 15) is 0 Å². The van der Waals surface area contributed by atoms with Gasteiger partial charge in [-0.2, -0.15) is 0 Å². The number of nitrogens with two attached hydrogens (primary N) is 1. The molecule has 0 aromatic carbocycles. The minimum absolute atomic E-state index is 0.233. The van der Waals surface area contributed by atoms with Gasteiger partial charge < -0.3 is 5.73 Å².